The number of aliphatic hydroxyl groups is 31. The molecule has 12 heterocycles. The average molecular weight is 2020 g/mol. The smallest absolute Gasteiger partial charge is 0.217 e. The molecule has 0 saturated carbocycles. The van der Waals surface area contributed by atoms with E-state index in [0.717, 1.165) is 20.8 Å². The lowest BCUT2D eigenvalue weighted by Gasteiger charge is -2.52. The molecule has 60 heteroatoms. The summed E-state index contributed by atoms with van der Waals surface area (Å²) in [6.45, 7) is -2.07. The number of ether oxygens (including phenoxy) is 23. The Hall–Kier alpha value is -3.75. The van der Waals surface area contributed by atoms with E-state index in [-0.39, 0.29) is 0 Å². The molecule has 3 amide bonds. The molecular formula is C78H131N3O57. The maximum Gasteiger partial charge on any atom is 0.217 e. The van der Waals surface area contributed by atoms with Crippen molar-refractivity contribution in [3.05, 3.63) is 0 Å². The van der Waals surface area contributed by atoms with Gasteiger partial charge in [0, 0.05) is 20.8 Å². The summed E-state index contributed by atoms with van der Waals surface area (Å²) < 4.78 is 140. The molecule has 12 aliphatic heterocycles. The van der Waals surface area contributed by atoms with E-state index < -0.39 is 439 Å². The SMILES string of the molecule is CC(=O)N[C@H]1[C@H](OC[C@H]2O[C@@H](O[C@H]3[C@H](O)[C@@H](O)C(O)O[C@@H]3CO)[C@H](O)[C@@H](O[C@@H]3O[C@H](CO)[C@@H](O[C@@H]4O[C@@H](C)[C@@H](O)[C@@H](O)[C@@H]4O)[C@H](O[C@@H]4O[C@H](CO)[C@H](O)[C@H](O)[C@H]4O[C@@H]4O[C@@H](C)[C@@H](O)[C@@H](O)[C@@H]4O)[C@H]3NC(C)=O)[C@H]2O)O[C@H](CO)[C@@H](OC2O[C@H](CO)[C@H](O)[C@H](O[C@@H]3O[C@H](CO)[C@@H](O)[C@H](O[C@@H]4O[C@H](CO)[C@H](O)[C@H](O)[C@H]4O[C@@H]4O[C@@H](C)[C@@H](O)[C@@H](O)[C@@H]4O)[C@H]3NC(C)=O)[C@H]2O)[C@@H]1O[C@@H]1O[C@@H](C)[C@@H](O)[C@@H](O)[C@@H]1O. The molecule has 0 radical (unpaired) electrons. The van der Waals surface area contributed by atoms with Crippen LogP contribution in [0.15, 0.2) is 0 Å². The van der Waals surface area contributed by atoms with Crippen molar-refractivity contribution in [1.82, 2.24) is 16.0 Å². The number of aliphatic hydroxyl groups excluding tert-OH is 31. The highest BCUT2D eigenvalue weighted by Gasteiger charge is 2.64. The Kier molecular flexibility index (Phi) is 39.7. The molecule has 0 aliphatic carbocycles. The van der Waals surface area contributed by atoms with Crippen molar-refractivity contribution in [1.29, 1.82) is 0 Å². The van der Waals surface area contributed by atoms with E-state index in [1.807, 2.05) is 0 Å². The molecule has 60 nitrogen and oxygen atoms in total. The first kappa shape index (κ1) is 113. The fraction of sp³-hybridized carbons (Fsp3) is 0.962. The maximum atomic E-state index is 13.9. The topological polar surface area (TPSA) is 927 Å². The summed E-state index contributed by atoms with van der Waals surface area (Å²) in [7, 11) is 0. The number of rotatable bonds is 33. The highest BCUT2D eigenvalue weighted by molar-refractivity contribution is 5.74. The van der Waals surface area contributed by atoms with Gasteiger partial charge in [-0.15, -0.1) is 0 Å². The minimum Gasteiger partial charge on any atom is -0.394 e. The van der Waals surface area contributed by atoms with Crippen LogP contribution in [0.25, 0.3) is 0 Å². The van der Waals surface area contributed by atoms with Crippen molar-refractivity contribution in [2.75, 3.05) is 52.9 Å². The number of amides is 3. The Balaban J connectivity index is 0.881. The third-order valence-electron chi connectivity index (χ3n) is 26.1. The Labute approximate surface area is 782 Å². The summed E-state index contributed by atoms with van der Waals surface area (Å²) in [6.07, 6.45) is -120. The van der Waals surface area contributed by atoms with E-state index in [4.69, 9.17) is 109 Å². The zero-order valence-corrected chi connectivity index (χ0v) is 74.8. The normalized spacial score (nSPS) is 52.1. The largest absolute Gasteiger partial charge is 0.394 e. The van der Waals surface area contributed by atoms with Gasteiger partial charge in [-0.2, -0.15) is 0 Å². The first-order valence-electron chi connectivity index (χ1n) is 44.6. The Morgan fingerprint density at radius 1 is 0.203 bits per heavy atom. The van der Waals surface area contributed by atoms with Crippen LogP contribution in [0.3, 0.4) is 0 Å². The molecular weight excluding hydrogens is 1890 g/mol. The molecule has 60 atom stereocenters. The van der Waals surface area contributed by atoms with Crippen LogP contribution in [0.1, 0.15) is 48.5 Å². The van der Waals surface area contributed by atoms with Gasteiger partial charge in [-0.1, -0.05) is 0 Å². The molecule has 12 rings (SSSR count). The third kappa shape index (κ3) is 24.1. The predicted molar refractivity (Wildman–Crippen MR) is 424 cm³/mol. The Morgan fingerprint density at radius 3 is 0.804 bits per heavy atom. The van der Waals surface area contributed by atoms with E-state index in [2.05, 4.69) is 16.0 Å². The molecule has 138 heavy (non-hydrogen) atoms. The van der Waals surface area contributed by atoms with Crippen molar-refractivity contribution < 1.29 is 282 Å². The number of carbonyl (C=O) groups excluding carboxylic acids is 3. The summed E-state index contributed by atoms with van der Waals surface area (Å²) in [5.74, 6) is -3.15. The van der Waals surface area contributed by atoms with Gasteiger partial charge in [-0.05, 0) is 27.7 Å². The fourth-order valence-electron chi connectivity index (χ4n) is 18.3. The standard InChI is InChI=1S/C78H131N3O57/c1-16-34(92)43(101)51(109)71(117-16)130-59-29(14-88)127-70(33(81-22(7)91)62(59)134-78-66(48(106)39(97)24(9-83)125-78)138-74-54(112)46(104)37(95)19(4)120-74)136-64-42(100)30(128-76(56(64)114)129-57-27(12-86)121-67(115)50(108)49(57)107)15-116-68-32(80-21(6)90)61(133-72-52(110)44(102)35(93)17(2)118-72)58(28(13-87)126-68)131-75-55(113)63(41(99)26(11-85)123-75)135-69-31(79-20(5)89)60(40(98)25(10-84)122-69)132-77-65(47(105)38(96)23(8-82)124-77)137-73-53(111)45(103)36(94)18(3)119-73/h16-19,23-78,82-88,92-115H,8-15H2,1-7H3,(H,79,89)(H,80,90)(H,81,91)/t16-,17-,18-,19-,23+,24+,25+,26+,27+,28+,29+,30+,31+,32+,33+,34+,35+,36+,37+,38-,39-,40+,41-,42-,43+,44+,45+,46+,47-,48-,49+,50+,51-,52-,53-,54-,55+,56+,57+,58+,59+,60+,61+,62+,63-,64-,65+,66+,67?,68+,69-,70-,71-,72-,73-,74-,75?,76-,77-,78-/m0/s1. The second-order valence-electron chi connectivity index (χ2n) is 35.8. The van der Waals surface area contributed by atoms with Crippen molar-refractivity contribution in [3.63, 3.8) is 0 Å². The van der Waals surface area contributed by atoms with Gasteiger partial charge in [0.05, 0.1) is 77.3 Å². The molecule has 800 valence electrons. The van der Waals surface area contributed by atoms with Crippen LogP contribution in [-0.2, 0) is 123 Å². The molecule has 34 N–H and O–H groups in total. The van der Waals surface area contributed by atoms with Gasteiger partial charge in [0.25, 0.3) is 0 Å². The first-order valence-corrected chi connectivity index (χ1v) is 44.6. The van der Waals surface area contributed by atoms with E-state index >= 15 is 0 Å². The summed E-state index contributed by atoms with van der Waals surface area (Å²) in [6, 6.07) is -6.29. The quantitative estimate of drug-likeness (QED) is 0.0290. The lowest BCUT2D eigenvalue weighted by Crippen LogP contribution is -2.72. The van der Waals surface area contributed by atoms with E-state index in [0.29, 0.717) is 0 Å². The van der Waals surface area contributed by atoms with Crippen LogP contribution in [-0.4, -0.2) is 597 Å². The molecule has 0 bridgehead atoms. The van der Waals surface area contributed by atoms with Crippen LogP contribution in [0, 0.1) is 0 Å². The zero-order valence-electron chi connectivity index (χ0n) is 74.8. The van der Waals surface area contributed by atoms with Gasteiger partial charge in [-0.3, -0.25) is 14.4 Å². The number of carbonyl (C=O) groups is 3. The van der Waals surface area contributed by atoms with Crippen molar-refractivity contribution in [3.8, 4) is 0 Å². The zero-order chi connectivity index (χ0) is 101. The summed E-state index contributed by atoms with van der Waals surface area (Å²) in [5, 5.41) is 357. The maximum absolute atomic E-state index is 13.9. The first-order chi connectivity index (χ1) is 65.2. The lowest BCUT2D eigenvalue weighted by atomic mass is 9.93. The van der Waals surface area contributed by atoms with Crippen molar-refractivity contribution >= 4 is 17.7 Å². The minimum atomic E-state index is -2.60. The average Bonchev–Trinajstić information content (AvgIpc) is 0.762. The predicted octanol–water partition coefficient (Wildman–Crippen LogP) is -22.6. The molecule has 0 aromatic heterocycles. The minimum absolute atomic E-state index is 0.879. The second-order valence-corrected chi connectivity index (χ2v) is 35.8. The number of hydrogen-bond acceptors (Lipinski definition) is 57. The molecule has 0 aromatic carbocycles. The van der Waals surface area contributed by atoms with Gasteiger partial charge in [0.1, 0.15) is 268 Å². The third-order valence-corrected chi connectivity index (χ3v) is 26.1. The van der Waals surface area contributed by atoms with Gasteiger partial charge in [0.2, 0.25) is 17.7 Å². The summed E-state index contributed by atoms with van der Waals surface area (Å²) in [4.78, 5) is 41.1. The number of nitrogens with one attached hydrogen (secondary N) is 3. The second kappa shape index (κ2) is 48.5. The molecule has 0 aromatic rings. The van der Waals surface area contributed by atoms with E-state index in [1.54, 1.807) is 0 Å². The Morgan fingerprint density at radius 2 is 0.442 bits per heavy atom. The van der Waals surface area contributed by atoms with Crippen molar-refractivity contribution in [2.24, 2.45) is 0 Å². The molecule has 12 aliphatic rings. The molecule has 12 saturated heterocycles. The lowest BCUT2D eigenvalue weighted by molar-refractivity contribution is -0.402. The molecule has 0 spiro atoms. The summed E-state index contributed by atoms with van der Waals surface area (Å²) >= 11 is 0. The Bertz CT molecular complexity index is 3790. The van der Waals surface area contributed by atoms with Gasteiger partial charge in [-0.25, -0.2) is 0 Å². The van der Waals surface area contributed by atoms with E-state index in [1.165, 1.54) is 27.7 Å². The highest BCUT2D eigenvalue weighted by atomic mass is 16.8. The highest BCUT2D eigenvalue weighted by Crippen LogP contribution is 2.44. The van der Waals surface area contributed by atoms with Gasteiger partial charge in [0.15, 0.2) is 75.5 Å². The van der Waals surface area contributed by atoms with Crippen LogP contribution in [0.2, 0.25) is 0 Å². The van der Waals surface area contributed by atoms with E-state index in [9.17, 15) is 173 Å². The molecule has 2 unspecified atom stereocenters. The number of hydrogen-bond donors (Lipinski definition) is 34. The van der Waals surface area contributed by atoms with Crippen LogP contribution in [0.5, 0.6) is 0 Å². The fourth-order valence-corrected chi connectivity index (χ4v) is 18.3. The summed E-state index contributed by atoms with van der Waals surface area (Å²) in [5.41, 5.74) is 0. The van der Waals surface area contributed by atoms with Crippen molar-refractivity contribution in [2.45, 2.75) is 417 Å². The van der Waals surface area contributed by atoms with Crippen LogP contribution < -0.4 is 16.0 Å². The van der Waals surface area contributed by atoms with Crippen LogP contribution >= 0.6 is 0 Å². The monoisotopic (exact) mass is 2020 g/mol. The van der Waals surface area contributed by atoms with Gasteiger partial charge < -0.3 is 283 Å². The molecule has 12 fully saturated rings. The van der Waals surface area contributed by atoms with Crippen LogP contribution in [0.4, 0.5) is 0 Å². The van der Waals surface area contributed by atoms with Gasteiger partial charge >= 0.3 is 0 Å².